The first-order chi connectivity index (χ1) is 11.0. The van der Waals surface area contributed by atoms with Crippen molar-refractivity contribution in [3.8, 4) is 0 Å². The monoisotopic (exact) mass is 376 g/mol. The minimum Gasteiger partial charge on any atom is -0.360 e. The molecule has 3 heterocycles. The van der Waals surface area contributed by atoms with E-state index in [4.69, 9.17) is 4.52 Å². The van der Waals surface area contributed by atoms with Gasteiger partial charge in [-0.25, -0.2) is 4.98 Å². The average Bonchev–Trinajstić information content (AvgIpc) is 3.03. The first-order valence-corrected chi connectivity index (χ1v) is 8.20. The Kier molecular flexibility index (Phi) is 4.21. The third-order valence-electron chi connectivity index (χ3n) is 3.51. The molecule has 3 rings (SSSR count). The number of fused-ring (bicyclic) bond motifs is 1. The zero-order chi connectivity index (χ0) is 16.6. The number of hydrogen-bond acceptors (Lipinski definition) is 4. The summed E-state index contributed by atoms with van der Waals surface area (Å²) < 4.78 is 7.72. The third kappa shape index (κ3) is 3.01. The van der Waals surface area contributed by atoms with E-state index in [1.165, 1.54) is 0 Å². The molecule has 120 valence electrons. The second-order valence-electron chi connectivity index (χ2n) is 5.47. The van der Waals surface area contributed by atoms with Crippen LogP contribution >= 0.6 is 15.9 Å². The van der Waals surface area contributed by atoms with Gasteiger partial charge in [-0.15, -0.1) is 0 Å². The highest BCUT2D eigenvalue weighted by atomic mass is 79.9. The number of carbonyl (C=O) groups excluding carboxylic acids is 1. The molecule has 0 aliphatic rings. The number of hydrogen-bond donors (Lipinski definition) is 1. The van der Waals surface area contributed by atoms with Crippen molar-refractivity contribution < 1.29 is 9.32 Å². The van der Waals surface area contributed by atoms with E-state index in [0.29, 0.717) is 17.3 Å². The van der Waals surface area contributed by atoms with Crippen LogP contribution in [0.15, 0.2) is 27.3 Å². The lowest BCUT2D eigenvalue weighted by Crippen LogP contribution is -2.16. The van der Waals surface area contributed by atoms with Crippen LogP contribution in [0.4, 0.5) is 5.82 Å². The molecular weight excluding hydrogens is 360 g/mol. The van der Waals surface area contributed by atoms with Crippen molar-refractivity contribution in [2.24, 2.45) is 0 Å². The van der Waals surface area contributed by atoms with Crippen LogP contribution in [0.5, 0.6) is 0 Å². The molecule has 3 aromatic rings. The molecule has 23 heavy (non-hydrogen) atoms. The number of aromatic nitrogens is 3. The van der Waals surface area contributed by atoms with Crippen LogP contribution in [-0.4, -0.2) is 20.4 Å². The highest BCUT2D eigenvalue weighted by molar-refractivity contribution is 9.10. The van der Waals surface area contributed by atoms with E-state index < -0.39 is 0 Å². The fourth-order valence-electron chi connectivity index (χ4n) is 2.57. The van der Waals surface area contributed by atoms with Crippen molar-refractivity contribution in [1.82, 2.24) is 14.5 Å². The van der Waals surface area contributed by atoms with E-state index in [9.17, 15) is 4.79 Å². The molecule has 0 unspecified atom stereocenters. The minimum absolute atomic E-state index is 0.244. The van der Waals surface area contributed by atoms with Gasteiger partial charge in [-0.05, 0) is 47.8 Å². The summed E-state index contributed by atoms with van der Waals surface area (Å²) in [6.45, 7) is 5.82. The Bertz CT molecular complexity index is 882. The zero-order valence-corrected chi connectivity index (χ0v) is 14.8. The van der Waals surface area contributed by atoms with Crippen molar-refractivity contribution in [2.45, 2.75) is 33.6 Å². The molecule has 1 amide bonds. The molecule has 1 N–H and O–H groups in total. The number of amides is 1. The van der Waals surface area contributed by atoms with Gasteiger partial charge in [0.05, 0.1) is 5.69 Å². The fourth-order valence-corrected chi connectivity index (χ4v) is 3.12. The summed E-state index contributed by atoms with van der Waals surface area (Å²) in [4.78, 5) is 17.4. The molecular formula is C16H17BrN4O2. The molecule has 0 bridgehead atoms. The molecule has 3 aromatic heterocycles. The number of carbonyl (C=O) groups is 1. The van der Waals surface area contributed by atoms with Gasteiger partial charge in [-0.2, -0.15) is 0 Å². The standard InChI is InChI=1S/C16H17BrN4O2/c1-4-5-12-14(16(22)19-13-7-10(3)23-20-13)21-8-11(17)6-9(2)15(21)18-12/h6-8H,4-5H2,1-3H3,(H,19,20,22). The number of pyridine rings is 1. The van der Waals surface area contributed by atoms with Crippen molar-refractivity contribution in [2.75, 3.05) is 5.32 Å². The summed E-state index contributed by atoms with van der Waals surface area (Å²) >= 11 is 3.48. The maximum Gasteiger partial charge on any atom is 0.275 e. The van der Waals surface area contributed by atoms with Crippen LogP contribution in [0.3, 0.4) is 0 Å². The number of aryl methyl sites for hydroxylation is 3. The number of rotatable bonds is 4. The Morgan fingerprint density at radius 2 is 2.17 bits per heavy atom. The van der Waals surface area contributed by atoms with Crippen LogP contribution in [0, 0.1) is 13.8 Å². The lowest BCUT2D eigenvalue weighted by molar-refractivity contribution is 0.101. The Morgan fingerprint density at radius 3 is 2.83 bits per heavy atom. The number of nitrogens with one attached hydrogen (secondary N) is 1. The van der Waals surface area contributed by atoms with Gasteiger partial charge in [0.25, 0.3) is 5.91 Å². The molecule has 0 radical (unpaired) electrons. The molecule has 0 fully saturated rings. The van der Waals surface area contributed by atoms with Gasteiger partial charge < -0.3 is 9.84 Å². The summed E-state index contributed by atoms with van der Waals surface area (Å²) in [5, 5.41) is 6.59. The fraction of sp³-hybridized carbons (Fsp3) is 0.312. The lowest BCUT2D eigenvalue weighted by atomic mass is 10.2. The van der Waals surface area contributed by atoms with E-state index in [0.717, 1.165) is 34.2 Å². The van der Waals surface area contributed by atoms with E-state index >= 15 is 0 Å². The molecule has 0 saturated carbocycles. The summed E-state index contributed by atoms with van der Waals surface area (Å²) in [6, 6.07) is 3.67. The highest BCUT2D eigenvalue weighted by Crippen LogP contribution is 2.22. The number of nitrogens with zero attached hydrogens (tertiary/aromatic N) is 3. The number of imidazole rings is 1. The van der Waals surface area contributed by atoms with Crippen molar-refractivity contribution in [1.29, 1.82) is 0 Å². The second-order valence-corrected chi connectivity index (χ2v) is 6.38. The summed E-state index contributed by atoms with van der Waals surface area (Å²) in [5.41, 5.74) is 3.12. The van der Waals surface area contributed by atoms with Crippen LogP contribution in [-0.2, 0) is 6.42 Å². The third-order valence-corrected chi connectivity index (χ3v) is 3.95. The Hall–Kier alpha value is -2.15. The van der Waals surface area contributed by atoms with Gasteiger partial charge in [-0.1, -0.05) is 18.5 Å². The molecule has 0 aliphatic carbocycles. The van der Waals surface area contributed by atoms with Gasteiger partial charge in [0.2, 0.25) is 0 Å². The molecule has 7 heteroatoms. The van der Waals surface area contributed by atoms with Gasteiger partial charge in [0, 0.05) is 16.7 Å². The van der Waals surface area contributed by atoms with Crippen LogP contribution in [0.1, 0.15) is 40.9 Å². The highest BCUT2D eigenvalue weighted by Gasteiger charge is 2.21. The van der Waals surface area contributed by atoms with Crippen molar-refractivity contribution >= 4 is 33.3 Å². The summed E-state index contributed by atoms with van der Waals surface area (Å²) in [5.74, 6) is 0.800. The maximum absolute atomic E-state index is 12.7. The molecule has 0 saturated heterocycles. The average molecular weight is 377 g/mol. The Labute approximate surface area is 142 Å². The lowest BCUT2D eigenvalue weighted by Gasteiger charge is -2.05. The van der Waals surface area contributed by atoms with E-state index in [1.807, 2.05) is 23.6 Å². The number of anilines is 1. The van der Waals surface area contributed by atoms with Crippen LogP contribution in [0.2, 0.25) is 0 Å². The quantitative estimate of drug-likeness (QED) is 0.748. The van der Waals surface area contributed by atoms with Gasteiger partial charge >= 0.3 is 0 Å². The van der Waals surface area contributed by atoms with Crippen LogP contribution in [0.25, 0.3) is 5.65 Å². The summed E-state index contributed by atoms with van der Waals surface area (Å²) in [6.07, 6.45) is 3.50. The normalized spacial score (nSPS) is 11.1. The van der Waals surface area contributed by atoms with E-state index in [2.05, 4.69) is 38.3 Å². The topological polar surface area (TPSA) is 72.4 Å². The smallest absolute Gasteiger partial charge is 0.275 e. The SMILES string of the molecule is CCCc1nc2c(C)cc(Br)cn2c1C(=O)Nc1cc(C)on1. The largest absolute Gasteiger partial charge is 0.360 e. The molecule has 0 aliphatic heterocycles. The molecule has 6 nitrogen and oxygen atoms in total. The maximum atomic E-state index is 12.7. The van der Waals surface area contributed by atoms with E-state index in [-0.39, 0.29) is 5.91 Å². The predicted molar refractivity (Wildman–Crippen MR) is 90.8 cm³/mol. The van der Waals surface area contributed by atoms with E-state index in [1.54, 1.807) is 13.0 Å². The molecule has 0 spiro atoms. The first kappa shape index (κ1) is 15.7. The molecule has 0 atom stereocenters. The summed E-state index contributed by atoms with van der Waals surface area (Å²) in [7, 11) is 0. The van der Waals surface area contributed by atoms with Gasteiger partial charge in [0.1, 0.15) is 17.1 Å². The van der Waals surface area contributed by atoms with Crippen molar-refractivity contribution in [3.05, 3.63) is 45.5 Å². The minimum atomic E-state index is -0.244. The zero-order valence-electron chi connectivity index (χ0n) is 13.2. The Morgan fingerprint density at radius 1 is 1.39 bits per heavy atom. The molecule has 0 aromatic carbocycles. The van der Waals surface area contributed by atoms with Gasteiger partial charge in [0.15, 0.2) is 5.82 Å². The van der Waals surface area contributed by atoms with Crippen molar-refractivity contribution in [3.63, 3.8) is 0 Å². The first-order valence-electron chi connectivity index (χ1n) is 7.41. The number of halogens is 1. The van der Waals surface area contributed by atoms with Gasteiger partial charge in [-0.3, -0.25) is 9.20 Å². The second kappa shape index (κ2) is 6.16. The Balaban J connectivity index is 2.09. The predicted octanol–water partition coefficient (Wildman–Crippen LogP) is 3.91. The van der Waals surface area contributed by atoms with Crippen LogP contribution < -0.4 is 5.32 Å².